The molecule has 0 saturated carbocycles. The number of hydrogen-bond acceptors (Lipinski definition) is 9. The van der Waals surface area contributed by atoms with Crippen LogP contribution < -0.4 is 0 Å². The molecule has 0 fully saturated rings. The van der Waals surface area contributed by atoms with Gasteiger partial charge in [0.25, 0.3) is 0 Å². The average molecular weight is 721 g/mol. The number of phosphoric ester groups is 1. The summed E-state index contributed by atoms with van der Waals surface area (Å²) in [6.45, 7) is 2.36. The van der Waals surface area contributed by atoms with Crippen molar-refractivity contribution >= 4 is 19.8 Å². The molecular weight excluding hydrogens is 647 g/mol. The molecule has 0 bridgehead atoms. The number of aliphatic hydroxyl groups is 2. The number of carbonyl (C=O) groups is 2. The third-order valence-electron chi connectivity index (χ3n) is 8.42. The van der Waals surface area contributed by atoms with E-state index in [1.54, 1.807) is 0 Å². The van der Waals surface area contributed by atoms with E-state index in [2.05, 4.69) is 30.5 Å². The third-order valence-corrected chi connectivity index (χ3v) is 9.37. The monoisotopic (exact) mass is 720 g/mol. The van der Waals surface area contributed by atoms with Gasteiger partial charge in [0.2, 0.25) is 0 Å². The number of ether oxygens (including phenoxy) is 2. The van der Waals surface area contributed by atoms with Crippen molar-refractivity contribution in [2.24, 2.45) is 0 Å². The van der Waals surface area contributed by atoms with Gasteiger partial charge in [-0.25, -0.2) is 4.57 Å². The van der Waals surface area contributed by atoms with E-state index in [1.165, 1.54) is 83.5 Å². The third kappa shape index (κ3) is 34.9. The Hall–Kier alpha value is -1.29. The molecule has 3 atom stereocenters. The topological polar surface area (TPSA) is 149 Å². The molecule has 0 rings (SSSR count). The molecule has 0 heterocycles. The van der Waals surface area contributed by atoms with Crippen molar-refractivity contribution < 1.29 is 47.8 Å². The summed E-state index contributed by atoms with van der Waals surface area (Å²) in [7, 11) is -4.61. The van der Waals surface area contributed by atoms with Crippen molar-refractivity contribution in [3.8, 4) is 0 Å². The molecule has 0 aliphatic rings. The maximum absolute atomic E-state index is 12.5. The normalized spacial score (nSPS) is 14.1. The maximum Gasteiger partial charge on any atom is 0.472 e. The van der Waals surface area contributed by atoms with Gasteiger partial charge in [-0.2, -0.15) is 0 Å². The van der Waals surface area contributed by atoms with Crippen molar-refractivity contribution in [3.05, 3.63) is 12.2 Å². The second-order valence-corrected chi connectivity index (χ2v) is 14.8. The van der Waals surface area contributed by atoms with Crippen LogP contribution in [0.15, 0.2) is 12.2 Å². The van der Waals surface area contributed by atoms with Crippen LogP contribution in [0.1, 0.15) is 181 Å². The molecule has 0 spiro atoms. The van der Waals surface area contributed by atoms with Crippen LogP contribution in [0.25, 0.3) is 0 Å². The van der Waals surface area contributed by atoms with Crippen molar-refractivity contribution in [1.82, 2.24) is 0 Å². The molecule has 11 heteroatoms. The van der Waals surface area contributed by atoms with Crippen LogP contribution in [0.5, 0.6) is 0 Å². The van der Waals surface area contributed by atoms with Crippen molar-refractivity contribution in [2.75, 3.05) is 26.4 Å². The van der Waals surface area contributed by atoms with Crippen LogP contribution in [-0.2, 0) is 32.7 Å². The average Bonchev–Trinajstić information content (AvgIpc) is 3.09. The molecule has 0 aromatic rings. The van der Waals surface area contributed by atoms with E-state index in [0.29, 0.717) is 12.8 Å². The van der Waals surface area contributed by atoms with Gasteiger partial charge in [0.05, 0.1) is 19.8 Å². The number of aliphatic hydroxyl groups excluding tert-OH is 2. The number of unbranched alkanes of at least 4 members (excludes halogenated alkanes) is 21. The molecule has 0 aliphatic heterocycles. The molecule has 49 heavy (non-hydrogen) atoms. The fourth-order valence-electron chi connectivity index (χ4n) is 5.34. The van der Waals surface area contributed by atoms with Gasteiger partial charge in [0.1, 0.15) is 12.7 Å². The minimum Gasteiger partial charge on any atom is -0.462 e. The first kappa shape index (κ1) is 47.7. The van der Waals surface area contributed by atoms with Gasteiger partial charge in [-0.1, -0.05) is 142 Å². The smallest absolute Gasteiger partial charge is 0.462 e. The van der Waals surface area contributed by atoms with Crippen LogP contribution in [0, 0.1) is 0 Å². The van der Waals surface area contributed by atoms with E-state index in [-0.39, 0.29) is 19.4 Å². The van der Waals surface area contributed by atoms with Crippen LogP contribution >= 0.6 is 7.82 Å². The molecule has 0 radical (unpaired) electrons. The lowest BCUT2D eigenvalue weighted by Crippen LogP contribution is -2.29. The van der Waals surface area contributed by atoms with Gasteiger partial charge >= 0.3 is 19.8 Å². The highest BCUT2D eigenvalue weighted by molar-refractivity contribution is 7.47. The number of phosphoric acid groups is 1. The summed E-state index contributed by atoms with van der Waals surface area (Å²) in [5.41, 5.74) is 0. The fraction of sp³-hybridized carbons (Fsp3) is 0.895. The van der Waals surface area contributed by atoms with Crippen molar-refractivity contribution in [1.29, 1.82) is 0 Å². The molecule has 0 amide bonds. The van der Waals surface area contributed by atoms with Crippen LogP contribution in [0.2, 0.25) is 0 Å². The fourth-order valence-corrected chi connectivity index (χ4v) is 6.13. The summed E-state index contributed by atoms with van der Waals surface area (Å²) >= 11 is 0. The largest absolute Gasteiger partial charge is 0.472 e. The van der Waals surface area contributed by atoms with Gasteiger partial charge in [-0.15, -0.1) is 0 Å². The van der Waals surface area contributed by atoms with E-state index in [1.807, 2.05) is 0 Å². The summed E-state index contributed by atoms with van der Waals surface area (Å²) in [5, 5.41) is 18.3. The number of esters is 2. The molecule has 1 unspecified atom stereocenters. The molecule has 0 aromatic carbocycles. The summed E-state index contributed by atoms with van der Waals surface area (Å²) < 4.78 is 32.6. The maximum atomic E-state index is 12.5. The summed E-state index contributed by atoms with van der Waals surface area (Å²) in [6.07, 6.45) is 30.4. The van der Waals surface area contributed by atoms with E-state index < -0.39 is 51.8 Å². The van der Waals surface area contributed by atoms with E-state index in [9.17, 15) is 24.2 Å². The zero-order valence-corrected chi connectivity index (χ0v) is 32.1. The van der Waals surface area contributed by atoms with Crippen LogP contribution in [0.4, 0.5) is 0 Å². The standard InChI is InChI=1S/C38H73O10P/c1-3-5-7-9-11-13-15-16-17-18-20-22-24-26-28-30-38(42)48-36(34-47-49(43,44)46-32-35(40)31-39)33-45-37(41)29-27-25-23-21-19-14-12-10-8-6-4-2/h16-17,35-36,39-40H,3-15,18-34H2,1-2H3,(H,43,44)/b17-16-/t35-,36+/m0/s1. The van der Waals surface area contributed by atoms with Gasteiger partial charge in [-0.05, 0) is 38.5 Å². The molecule has 0 saturated heterocycles. The lowest BCUT2D eigenvalue weighted by atomic mass is 10.1. The highest BCUT2D eigenvalue weighted by Crippen LogP contribution is 2.43. The molecule has 290 valence electrons. The molecule has 0 aliphatic carbocycles. The molecule has 0 aromatic heterocycles. The summed E-state index contributed by atoms with van der Waals surface area (Å²) in [6, 6.07) is 0. The summed E-state index contributed by atoms with van der Waals surface area (Å²) in [4.78, 5) is 34.8. The van der Waals surface area contributed by atoms with Crippen LogP contribution in [0.3, 0.4) is 0 Å². The minimum atomic E-state index is -4.61. The lowest BCUT2D eigenvalue weighted by Gasteiger charge is -2.20. The van der Waals surface area contributed by atoms with Gasteiger partial charge in [-0.3, -0.25) is 18.6 Å². The highest BCUT2D eigenvalue weighted by atomic mass is 31.2. The lowest BCUT2D eigenvalue weighted by molar-refractivity contribution is -0.161. The molecule has 3 N–H and O–H groups in total. The minimum absolute atomic E-state index is 0.178. The first-order valence-electron chi connectivity index (χ1n) is 19.6. The van der Waals surface area contributed by atoms with Crippen LogP contribution in [-0.4, -0.2) is 65.7 Å². The van der Waals surface area contributed by atoms with Gasteiger partial charge in [0, 0.05) is 12.8 Å². The highest BCUT2D eigenvalue weighted by Gasteiger charge is 2.27. The van der Waals surface area contributed by atoms with Crippen molar-refractivity contribution in [3.63, 3.8) is 0 Å². The van der Waals surface area contributed by atoms with Gasteiger partial charge < -0.3 is 24.6 Å². The number of rotatable bonds is 37. The van der Waals surface area contributed by atoms with Crippen molar-refractivity contribution in [2.45, 2.75) is 193 Å². The Balaban J connectivity index is 4.35. The molecule has 10 nitrogen and oxygen atoms in total. The Morgan fingerprint density at radius 1 is 0.592 bits per heavy atom. The Labute approximate surface area is 298 Å². The quantitative estimate of drug-likeness (QED) is 0.0245. The number of allylic oxidation sites excluding steroid dienone is 2. The number of hydrogen-bond donors (Lipinski definition) is 3. The number of carbonyl (C=O) groups excluding carboxylic acids is 2. The first-order valence-corrected chi connectivity index (χ1v) is 21.1. The van der Waals surface area contributed by atoms with Gasteiger partial charge in [0.15, 0.2) is 6.10 Å². The van der Waals surface area contributed by atoms with E-state index in [0.717, 1.165) is 57.8 Å². The zero-order valence-electron chi connectivity index (χ0n) is 31.2. The Bertz CT molecular complexity index is 837. The van der Waals surface area contributed by atoms with E-state index >= 15 is 0 Å². The first-order chi connectivity index (χ1) is 23.7. The molecular formula is C38H73O10P. The Morgan fingerprint density at radius 2 is 1.00 bits per heavy atom. The van der Waals surface area contributed by atoms with E-state index in [4.69, 9.17) is 19.1 Å². The predicted molar refractivity (Wildman–Crippen MR) is 196 cm³/mol. The SMILES string of the molecule is CCCCCCCC/C=C\CCCCCCCC(=O)O[C@H](COC(=O)CCCCCCCCCCCCC)COP(=O)(O)OC[C@@H](O)CO. The predicted octanol–water partition coefficient (Wildman–Crippen LogP) is 9.67. The summed E-state index contributed by atoms with van der Waals surface area (Å²) in [5.74, 6) is -0.930. The second-order valence-electron chi connectivity index (χ2n) is 13.3. The Morgan fingerprint density at radius 3 is 1.47 bits per heavy atom. The second kappa shape index (κ2) is 35.1. The Kier molecular flexibility index (Phi) is 34.2. The zero-order chi connectivity index (χ0) is 36.3.